The van der Waals surface area contributed by atoms with Crippen LogP contribution >= 0.6 is 0 Å². The maximum absolute atomic E-state index is 10.9. The summed E-state index contributed by atoms with van der Waals surface area (Å²) < 4.78 is 5.82. The molecule has 0 bridgehead atoms. The van der Waals surface area contributed by atoms with Gasteiger partial charge in [0.05, 0.1) is 16.9 Å². The highest BCUT2D eigenvalue weighted by Crippen LogP contribution is 2.34. The van der Waals surface area contributed by atoms with Gasteiger partial charge in [0.1, 0.15) is 5.52 Å². The van der Waals surface area contributed by atoms with Crippen LogP contribution in [-0.2, 0) is 0 Å². The van der Waals surface area contributed by atoms with E-state index in [1.54, 1.807) is 6.07 Å². The quantitative estimate of drug-likeness (QED) is 0.538. The van der Waals surface area contributed by atoms with E-state index in [1.807, 2.05) is 30.3 Å². The Kier molecular flexibility index (Phi) is 4.57. The van der Waals surface area contributed by atoms with Crippen LogP contribution in [0.1, 0.15) is 43.2 Å². The summed E-state index contributed by atoms with van der Waals surface area (Å²) in [4.78, 5) is 15.0. The van der Waals surface area contributed by atoms with E-state index in [0.717, 1.165) is 18.4 Å². The predicted octanol–water partition coefficient (Wildman–Crippen LogP) is 4.32. The summed E-state index contributed by atoms with van der Waals surface area (Å²) in [5.41, 5.74) is 8.48. The topological polar surface area (TPSA) is 95.2 Å². The summed E-state index contributed by atoms with van der Waals surface area (Å²) in [7, 11) is 0. The summed E-state index contributed by atoms with van der Waals surface area (Å²) in [6.45, 7) is 2.08. The second-order valence-electron chi connectivity index (χ2n) is 5.79. The zero-order valence-electron chi connectivity index (χ0n) is 13.4. The number of aromatic nitrogens is 1. The molecule has 0 unspecified atom stereocenters. The number of oxazole rings is 1. The molecule has 0 aliphatic heterocycles. The van der Waals surface area contributed by atoms with Gasteiger partial charge in [0.15, 0.2) is 5.58 Å². The third kappa shape index (κ3) is 3.14. The van der Waals surface area contributed by atoms with Gasteiger partial charge in [-0.3, -0.25) is 10.1 Å². The summed E-state index contributed by atoms with van der Waals surface area (Å²) in [6.07, 6.45) is 1.76. The van der Waals surface area contributed by atoms with Crippen LogP contribution in [0.4, 0.5) is 5.69 Å². The molecule has 0 aliphatic carbocycles. The van der Waals surface area contributed by atoms with E-state index in [4.69, 9.17) is 10.2 Å². The van der Waals surface area contributed by atoms with Crippen LogP contribution in [-0.4, -0.2) is 9.91 Å². The fourth-order valence-electron chi connectivity index (χ4n) is 2.88. The molecule has 6 heteroatoms. The van der Waals surface area contributed by atoms with Crippen molar-refractivity contribution >= 4 is 16.8 Å². The molecule has 3 aromatic rings. The average Bonchev–Trinajstić information content (AvgIpc) is 3.02. The first-order valence-corrected chi connectivity index (χ1v) is 7.95. The number of nitrogens with two attached hydrogens (primary N) is 1. The van der Waals surface area contributed by atoms with E-state index in [1.165, 1.54) is 12.1 Å². The van der Waals surface area contributed by atoms with Gasteiger partial charge in [0, 0.05) is 12.1 Å². The lowest BCUT2D eigenvalue weighted by atomic mass is 9.90. The second kappa shape index (κ2) is 6.80. The highest BCUT2D eigenvalue weighted by atomic mass is 16.6. The van der Waals surface area contributed by atoms with Crippen LogP contribution in [0.25, 0.3) is 11.1 Å². The number of nitro groups is 1. The maximum atomic E-state index is 10.9. The Labute approximate surface area is 139 Å². The Morgan fingerprint density at radius 1 is 1.25 bits per heavy atom. The second-order valence-corrected chi connectivity index (χ2v) is 5.79. The summed E-state index contributed by atoms with van der Waals surface area (Å²) in [5.74, 6) is 0.451. The number of nitrogens with zero attached hydrogens (tertiary/aromatic N) is 2. The molecule has 6 nitrogen and oxygen atoms in total. The molecule has 2 aromatic carbocycles. The SMILES string of the molecule is CCC[C@H](c1nc2ccc([N+](=O)[O-])cc2o1)[C@@H](N)c1ccccc1. The van der Waals surface area contributed by atoms with Crippen LogP contribution in [0, 0.1) is 10.1 Å². The molecule has 2 N–H and O–H groups in total. The van der Waals surface area contributed by atoms with E-state index in [2.05, 4.69) is 11.9 Å². The standard InChI is InChI=1S/C18H19N3O3/c1-2-6-14(17(19)12-7-4-3-5-8-12)18-20-15-10-9-13(21(22)23)11-16(15)24-18/h3-5,7-11,14,17H,2,6,19H2,1H3/t14-,17-/m0/s1. The van der Waals surface area contributed by atoms with Crippen molar-refractivity contribution in [2.24, 2.45) is 5.73 Å². The molecular formula is C18H19N3O3. The molecule has 0 radical (unpaired) electrons. The Morgan fingerprint density at radius 2 is 2.00 bits per heavy atom. The highest BCUT2D eigenvalue weighted by molar-refractivity contribution is 5.75. The monoisotopic (exact) mass is 325 g/mol. The number of hydrogen-bond donors (Lipinski definition) is 1. The van der Waals surface area contributed by atoms with Gasteiger partial charge in [0.25, 0.3) is 5.69 Å². The third-order valence-corrected chi connectivity index (χ3v) is 4.13. The third-order valence-electron chi connectivity index (χ3n) is 4.13. The van der Waals surface area contributed by atoms with E-state index in [9.17, 15) is 10.1 Å². The van der Waals surface area contributed by atoms with Gasteiger partial charge >= 0.3 is 0 Å². The minimum absolute atomic E-state index is 0.00963. The van der Waals surface area contributed by atoms with Crippen molar-refractivity contribution in [2.75, 3.05) is 0 Å². The number of benzene rings is 2. The zero-order chi connectivity index (χ0) is 17.1. The van der Waals surface area contributed by atoms with Gasteiger partial charge in [0.2, 0.25) is 5.89 Å². The molecule has 0 spiro atoms. The van der Waals surface area contributed by atoms with Crippen molar-refractivity contribution in [3.63, 3.8) is 0 Å². The molecule has 1 aromatic heterocycles. The predicted molar refractivity (Wildman–Crippen MR) is 91.7 cm³/mol. The smallest absolute Gasteiger partial charge is 0.273 e. The highest BCUT2D eigenvalue weighted by Gasteiger charge is 2.26. The van der Waals surface area contributed by atoms with Gasteiger partial charge < -0.3 is 10.2 Å². The number of non-ortho nitro benzene ring substituents is 1. The Balaban J connectivity index is 1.99. The fourth-order valence-corrected chi connectivity index (χ4v) is 2.88. The van der Waals surface area contributed by atoms with E-state index in [0.29, 0.717) is 17.0 Å². The number of nitro benzene ring substituents is 1. The lowest BCUT2D eigenvalue weighted by molar-refractivity contribution is -0.384. The van der Waals surface area contributed by atoms with Crippen LogP contribution < -0.4 is 5.73 Å². The molecule has 24 heavy (non-hydrogen) atoms. The lowest BCUT2D eigenvalue weighted by Crippen LogP contribution is -2.20. The minimum Gasteiger partial charge on any atom is -0.440 e. The van der Waals surface area contributed by atoms with Crippen molar-refractivity contribution < 1.29 is 9.34 Å². The lowest BCUT2D eigenvalue weighted by Gasteiger charge is -2.21. The molecule has 0 saturated carbocycles. The Hall–Kier alpha value is -2.73. The minimum atomic E-state index is -0.444. The van der Waals surface area contributed by atoms with Crippen LogP contribution in [0.15, 0.2) is 52.9 Å². The van der Waals surface area contributed by atoms with Gasteiger partial charge in [-0.05, 0) is 18.1 Å². The fraction of sp³-hybridized carbons (Fsp3) is 0.278. The van der Waals surface area contributed by atoms with E-state index >= 15 is 0 Å². The molecule has 3 rings (SSSR count). The maximum Gasteiger partial charge on any atom is 0.273 e. The van der Waals surface area contributed by atoms with Gasteiger partial charge in [-0.15, -0.1) is 0 Å². The van der Waals surface area contributed by atoms with E-state index in [-0.39, 0.29) is 17.6 Å². The largest absolute Gasteiger partial charge is 0.440 e. The van der Waals surface area contributed by atoms with Crippen molar-refractivity contribution in [2.45, 2.75) is 31.7 Å². The van der Waals surface area contributed by atoms with Crippen molar-refractivity contribution in [3.05, 3.63) is 70.1 Å². The number of rotatable bonds is 6. The Morgan fingerprint density at radius 3 is 2.67 bits per heavy atom. The molecule has 1 heterocycles. The average molecular weight is 325 g/mol. The van der Waals surface area contributed by atoms with Crippen LogP contribution in [0.3, 0.4) is 0 Å². The summed E-state index contributed by atoms with van der Waals surface area (Å²) in [6, 6.07) is 14.0. The van der Waals surface area contributed by atoms with Crippen LogP contribution in [0.5, 0.6) is 0 Å². The first-order chi connectivity index (χ1) is 11.6. The molecular weight excluding hydrogens is 306 g/mol. The molecule has 0 saturated heterocycles. The summed E-state index contributed by atoms with van der Waals surface area (Å²) in [5, 5.41) is 10.9. The van der Waals surface area contributed by atoms with Gasteiger partial charge in [-0.2, -0.15) is 0 Å². The molecule has 0 amide bonds. The van der Waals surface area contributed by atoms with Crippen molar-refractivity contribution in [1.82, 2.24) is 4.98 Å². The molecule has 0 aliphatic rings. The first kappa shape index (κ1) is 16.1. The van der Waals surface area contributed by atoms with Crippen LogP contribution in [0.2, 0.25) is 0 Å². The number of hydrogen-bond acceptors (Lipinski definition) is 5. The zero-order valence-corrected chi connectivity index (χ0v) is 13.4. The molecule has 2 atom stereocenters. The van der Waals surface area contributed by atoms with Crippen molar-refractivity contribution in [3.8, 4) is 0 Å². The van der Waals surface area contributed by atoms with Gasteiger partial charge in [-0.25, -0.2) is 4.98 Å². The first-order valence-electron chi connectivity index (χ1n) is 7.95. The molecule has 124 valence electrons. The normalized spacial score (nSPS) is 13.8. The van der Waals surface area contributed by atoms with Gasteiger partial charge in [-0.1, -0.05) is 43.7 Å². The van der Waals surface area contributed by atoms with E-state index < -0.39 is 4.92 Å². The molecule has 0 fully saturated rings. The number of fused-ring (bicyclic) bond motifs is 1. The summed E-state index contributed by atoms with van der Waals surface area (Å²) >= 11 is 0. The Bertz CT molecular complexity index is 845. The van der Waals surface area contributed by atoms with Crippen molar-refractivity contribution in [1.29, 1.82) is 0 Å².